The van der Waals surface area contributed by atoms with Crippen molar-refractivity contribution in [1.82, 2.24) is 19.7 Å². The molecule has 0 radical (unpaired) electrons. The molecule has 4 heterocycles. The highest BCUT2D eigenvalue weighted by Crippen LogP contribution is 2.35. The fraction of sp³-hybridized carbons (Fsp3) is 0.650. The maximum atomic E-state index is 11.9. The van der Waals surface area contributed by atoms with Crippen molar-refractivity contribution in [2.24, 2.45) is 13.0 Å². The van der Waals surface area contributed by atoms with Gasteiger partial charge in [0.1, 0.15) is 5.56 Å². The van der Waals surface area contributed by atoms with Crippen molar-refractivity contribution in [1.29, 1.82) is 0 Å². The van der Waals surface area contributed by atoms with Gasteiger partial charge in [0.25, 0.3) is 0 Å². The number of hydrogen-bond donors (Lipinski definition) is 2. The number of pyridine rings is 1. The van der Waals surface area contributed by atoms with Gasteiger partial charge < -0.3 is 20.0 Å². The number of aromatic carboxylic acids is 1. The first-order chi connectivity index (χ1) is 13.5. The Balaban J connectivity index is 1.55. The van der Waals surface area contributed by atoms with E-state index in [0.29, 0.717) is 5.65 Å². The Morgan fingerprint density at radius 1 is 1.25 bits per heavy atom. The predicted octanol–water partition coefficient (Wildman–Crippen LogP) is 1.65. The monoisotopic (exact) mass is 387 g/mol. The number of nitrogens with zero attached hydrogens (tertiary/aromatic N) is 5. The summed E-state index contributed by atoms with van der Waals surface area (Å²) in [4.78, 5) is 20.7. The Kier molecular flexibility index (Phi) is 5.25. The van der Waals surface area contributed by atoms with Crippen LogP contribution in [-0.4, -0.2) is 74.7 Å². The van der Waals surface area contributed by atoms with E-state index in [-0.39, 0.29) is 17.6 Å². The summed E-state index contributed by atoms with van der Waals surface area (Å²) in [6, 6.07) is 0. The first-order valence-corrected chi connectivity index (χ1v) is 10.2. The number of anilines is 1. The van der Waals surface area contributed by atoms with E-state index in [1.54, 1.807) is 4.68 Å². The van der Waals surface area contributed by atoms with Crippen LogP contribution in [0.15, 0.2) is 6.20 Å². The third kappa shape index (κ3) is 3.46. The summed E-state index contributed by atoms with van der Waals surface area (Å²) in [5, 5.41) is 25.6. The van der Waals surface area contributed by atoms with Crippen molar-refractivity contribution < 1.29 is 15.0 Å². The molecule has 152 valence electrons. The van der Waals surface area contributed by atoms with E-state index in [1.807, 2.05) is 14.0 Å². The predicted molar refractivity (Wildman–Crippen MR) is 107 cm³/mol. The van der Waals surface area contributed by atoms with Crippen molar-refractivity contribution in [3.05, 3.63) is 17.5 Å². The molecule has 2 aromatic rings. The Morgan fingerprint density at radius 3 is 2.57 bits per heavy atom. The molecular formula is C20H29N5O3. The molecule has 8 heteroatoms. The van der Waals surface area contributed by atoms with Crippen LogP contribution in [0.5, 0.6) is 0 Å². The fourth-order valence-electron chi connectivity index (χ4n) is 4.76. The van der Waals surface area contributed by atoms with Gasteiger partial charge in [-0.1, -0.05) is 0 Å². The van der Waals surface area contributed by atoms with Gasteiger partial charge in [-0.2, -0.15) is 5.10 Å². The zero-order valence-corrected chi connectivity index (χ0v) is 16.6. The molecule has 0 spiro atoms. The Bertz CT molecular complexity index is 866. The highest BCUT2D eigenvalue weighted by Gasteiger charge is 2.31. The lowest BCUT2D eigenvalue weighted by Gasteiger charge is -2.37. The van der Waals surface area contributed by atoms with Crippen LogP contribution in [0.25, 0.3) is 11.0 Å². The Morgan fingerprint density at radius 2 is 1.93 bits per heavy atom. The molecule has 2 N–H and O–H groups in total. The molecule has 1 atom stereocenters. The largest absolute Gasteiger partial charge is 0.478 e. The number of carboxylic acid groups (broad SMARTS) is 1. The van der Waals surface area contributed by atoms with Gasteiger partial charge in [0.15, 0.2) is 5.65 Å². The first-order valence-electron chi connectivity index (χ1n) is 10.2. The van der Waals surface area contributed by atoms with Crippen LogP contribution in [0, 0.1) is 12.8 Å². The van der Waals surface area contributed by atoms with E-state index in [2.05, 4.69) is 19.9 Å². The first kappa shape index (κ1) is 19.1. The van der Waals surface area contributed by atoms with Gasteiger partial charge in [-0.05, 0) is 51.6 Å². The standard InChI is InChI=1S/C20H29N5O3/c1-13-17-18(15(20(27)28)11-21-19(17)23(2)22-13)25-9-5-14(6-10-25)16(26)12-24-7-3-4-8-24/h11,14,16,26H,3-10,12H2,1-2H3,(H,27,28). The number of aryl methyl sites for hydroxylation is 2. The van der Waals surface area contributed by atoms with Crippen LogP contribution < -0.4 is 4.90 Å². The second-order valence-corrected chi connectivity index (χ2v) is 8.13. The molecule has 4 rings (SSSR count). The molecule has 2 saturated heterocycles. The number of aliphatic hydroxyl groups is 1. The Labute approximate surface area is 164 Å². The van der Waals surface area contributed by atoms with Crippen molar-refractivity contribution in [3.63, 3.8) is 0 Å². The maximum Gasteiger partial charge on any atom is 0.339 e. The number of β-amino-alcohol motifs (C(OH)–C–C–N with tert-alkyl or cyclic N) is 1. The third-order valence-electron chi connectivity index (χ3n) is 6.27. The van der Waals surface area contributed by atoms with Crippen LogP contribution in [0.2, 0.25) is 0 Å². The number of hydrogen-bond acceptors (Lipinski definition) is 6. The third-order valence-corrected chi connectivity index (χ3v) is 6.27. The summed E-state index contributed by atoms with van der Waals surface area (Å²) in [5.74, 6) is -0.707. The number of likely N-dealkylation sites (tertiary alicyclic amines) is 1. The summed E-state index contributed by atoms with van der Waals surface area (Å²) < 4.78 is 1.70. The molecule has 2 aliphatic rings. The van der Waals surface area contributed by atoms with E-state index in [4.69, 9.17) is 0 Å². The number of carbonyl (C=O) groups is 1. The van der Waals surface area contributed by atoms with E-state index >= 15 is 0 Å². The molecule has 0 aromatic carbocycles. The maximum absolute atomic E-state index is 11.9. The minimum Gasteiger partial charge on any atom is -0.478 e. The Hall–Kier alpha value is -2.19. The SMILES string of the molecule is Cc1nn(C)c2ncc(C(=O)O)c(N3CCC(C(O)CN4CCCC4)CC3)c12. The van der Waals surface area contributed by atoms with Gasteiger partial charge in [0, 0.05) is 32.9 Å². The minimum absolute atomic E-state index is 0.222. The van der Waals surface area contributed by atoms with Crippen LogP contribution in [0.1, 0.15) is 41.7 Å². The lowest BCUT2D eigenvalue weighted by atomic mass is 9.90. The molecule has 28 heavy (non-hydrogen) atoms. The number of piperidine rings is 1. The molecule has 8 nitrogen and oxygen atoms in total. The summed E-state index contributed by atoms with van der Waals surface area (Å²) in [5.41, 5.74) is 2.43. The van der Waals surface area contributed by atoms with Crippen LogP contribution in [0.4, 0.5) is 5.69 Å². The number of aromatic nitrogens is 3. The summed E-state index contributed by atoms with van der Waals surface area (Å²) >= 11 is 0. The molecular weight excluding hydrogens is 358 g/mol. The van der Waals surface area contributed by atoms with E-state index in [1.165, 1.54) is 19.0 Å². The summed E-state index contributed by atoms with van der Waals surface area (Å²) in [6.07, 6.45) is 5.30. The highest BCUT2D eigenvalue weighted by molar-refractivity contribution is 6.04. The van der Waals surface area contributed by atoms with E-state index in [9.17, 15) is 15.0 Å². The zero-order valence-electron chi connectivity index (χ0n) is 16.6. The second-order valence-electron chi connectivity index (χ2n) is 8.13. The van der Waals surface area contributed by atoms with Gasteiger partial charge in [-0.15, -0.1) is 0 Å². The van der Waals surface area contributed by atoms with Gasteiger partial charge in [0.05, 0.1) is 22.9 Å². The van der Waals surface area contributed by atoms with Gasteiger partial charge >= 0.3 is 5.97 Å². The molecule has 0 saturated carbocycles. The average Bonchev–Trinajstić information content (AvgIpc) is 3.29. The van der Waals surface area contributed by atoms with Gasteiger partial charge in [-0.25, -0.2) is 9.78 Å². The number of rotatable bonds is 5. The number of aliphatic hydroxyl groups excluding tert-OH is 1. The lowest BCUT2D eigenvalue weighted by molar-refractivity contribution is 0.0602. The topological polar surface area (TPSA) is 94.7 Å². The number of fused-ring (bicyclic) bond motifs is 1. The second kappa shape index (κ2) is 7.67. The quantitative estimate of drug-likeness (QED) is 0.805. The molecule has 0 bridgehead atoms. The number of carboxylic acids is 1. The normalized spacial score (nSPS) is 20.2. The highest BCUT2D eigenvalue weighted by atomic mass is 16.4. The average molecular weight is 387 g/mol. The smallest absolute Gasteiger partial charge is 0.339 e. The minimum atomic E-state index is -0.969. The summed E-state index contributed by atoms with van der Waals surface area (Å²) in [6.45, 7) is 6.29. The molecule has 0 aliphatic carbocycles. The lowest BCUT2D eigenvalue weighted by Crippen LogP contribution is -2.42. The zero-order chi connectivity index (χ0) is 19.8. The molecule has 2 aliphatic heterocycles. The van der Waals surface area contributed by atoms with E-state index in [0.717, 1.165) is 62.3 Å². The van der Waals surface area contributed by atoms with Crippen molar-refractivity contribution in [2.75, 3.05) is 37.6 Å². The van der Waals surface area contributed by atoms with E-state index < -0.39 is 5.97 Å². The fourth-order valence-corrected chi connectivity index (χ4v) is 4.76. The van der Waals surface area contributed by atoms with Crippen LogP contribution in [0.3, 0.4) is 0 Å². The van der Waals surface area contributed by atoms with Crippen molar-refractivity contribution in [2.45, 2.75) is 38.7 Å². The van der Waals surface area contributed by atoms with Crippen molar-refractivity contribution in [3.8, 4) is 0 Å². The molecule has 1 unspecified atom stereocenters. The van der Waals surface area contributed by atoms with Crippen molar-refractivity contribution >= 4 is 22.7 Å². The van der Waals surface area contributed by atoms with Gasteiger partial charge in [0.2, 0.25) is 0 Å². The molecule has 2 fully saturated rings. The molecule has 0 amide bonds. The van der Waals surface area contributed by atoms with Crippen LogP contribution in [-0.2, 0) is 7.05 Å². The molecule has 2 aromatic heterocycles. The summed E-state index contributed by atoms with van der Waals surface area (Å²) in [7, 11) is 1.83. The van der Waals surface area contributed by atoms with Crippen LogP contribution >= 0.6 is 0 Å². The van der Waals surface area contributed by atoms with Gasteiger partial charge in [-0.3, -0.25) is 4.68 Å².